The highest BCUT2D eigenvalue weighted by Gasteiger charge is 2.30. The lowest BCUT2D eigenvalue weighted by Gasteiger charge is -2.21. The van der Waals surface area contributed by atoms with Crippen LogP contribution in [0.3, 0.4) is 0 Å². The molecule has 0 aliphatic carbocycles. The van der Waals surface area contributed by atoms with Crippen LogP contribution in [0.2, 0.25) is 0 Å². The van der Waals surface area contributed by atoms with Gasteiger partial charge in [0.25, 0.3) is 0 Å². The van der Waals surface area contributed by atoms with Crippen molar-refractivity contribution >= 4 is 92.2 Å². The van der Waals surface area contributed by atoms with Gasteiger partial charge in [0.1, 0.15) is 0 Å². The van der Waals surface area contributed by atoms with E-state index in [2.05, 4.69) is 213 Å². The van der Waals surface area contributed by atoms with Crippen molar-refractivity contribution in [3.8, 4) is 5.69 Å². The Morgan fingerprint density at radius 3 is 1.25 bits per heavy atom. The molecule has 0 atom stereocenters. The lowest BCUT2D eigenvalue weighted by molar-refractivity contribution is 0.590. The van der Waals surface area contributed by atoms with E-state index >= 15 is 0 Å². The van der Waals surface area contributed by atoms with Crippen molar-refractivity contribution in [2.45, 2.75) is 105 Å². The molecule has 0 spiro atoms. The average Bonchev–Trinajstić information content (AvgIpc) is 3.84. The molecule has 0 saturated heterocycles. The second kappa shape index (κ2) is 11.9. The van der Waals surface area contributed by atoms with Crippen molar-refractivity contribution in [3.63, 3.8) is 0 Å². The first-order chi connectivity index (χ1) is 28.3. The average molecular weight is 781 g/mol. The second-order valence-electron chi connectivity index (χ2n) is 21.9. The fraction of sp³-hybridized carbons (Fsp3) is 0.276. The van der Waals surface area contributed by atoms with Gasteiger partial charge in [0, 0.05) is 48.8 Å². The van der Waals surface area contributed by atoms with Crippen LogP contribution in [0, 0.1) is 0 Å². The first kappa shape index (κ1) is 37.2. The Labute approximate surface area is 353 Å². The smallest absolute Gasteiger partial charge is 0.0633 e. The van der Waals surface area contributed by atoms with E-state index in [1.807, 2.05) is 0 Å². The van der Waals surface area contributed by atoms with Crippen LogP contribution in [0.15, 0.2) is 121 Å². The fourth-order valence-electron chi connectivity index (χ4n) is 10.5. The highest BCUT2D eigenvalue weighted by atomic mass is 15.0. The van der Waals surface area contributed by atoms with E-state index in [0.717, 1.165) is 0 Å². The largest absolute Gasteiger partial charge is 0.309 e. The Hall–Kier alpha value is -5.86. The fourth-order valence-corrected chi connectivity index (χ4v) is 10.5. The van der Waals surface area contributed by atoms with Gasteiger partial charge in [-0.1, -0.05) is 156 Å². The minimum absolute atomic E-state index is 0.00251. The normalized spacial score (nSPS) is 13.7. The third-order valence-electron chi connectivity index (χ3n) is 13.8. The Balaban J connectivity index is 1.47. The maximum Gasteiger partial charge on any atom is 0.0633 e. The number of hydrogen-bond acceptors (Lipinski definition) is 0. The molecule has 2 nitrogen and oxygen atoms in total. The number of hydrogen-bond donors (Lipinski definition) is 0. The molecule has 298 valence electrons. The third kappa shape index (κ3) is 5.06. The summed E-state index contributed by atoms with van der Waals surface area (Å²) in [6.07, 6.45) is 0. The number of aromatic nitrogens is 2. The molecular formula is C58H56N2. The molecule has 11 aromatic rings. The number of rotatable bonds is 1. The van der Waals surface area contributed by atoms with Gasteiger partial charge in [-0.2, -0.15) is 0 Å². The minimum Gasteiger partial charge on any atom is -0.309 e. The van der Waals surface area contributed by atoms with Crippen molar-refractivity contribution in [1.29, 1.82) is 0 Å². The van der Waals surface area contributed by atoms with E-state index in [1.165, 1.54) is 120 Å². The molecular weight excluding hydrogens is 725 g/mol. The monoisotopic (exact) mass is 780 g/mol. The third-order valence-corrected chi connectivity index (χ3v) is 13.8. The van der Waals surface area contributed by atoms with E-state index in [-0.39, 0.29) is 21.7 Å². The van der Waals surface area contributed by atoms with E-state index in [9.17, 15) is 0 Å². The van der Waals surface area contributed by atoms with Gasteiger partial charge in [-0.15, -0.1) is 0 Å². The molecule has 60 heavy (non-hydrogen) atoms. The summed E-state index contributed by atoms with van der Waals surface area (Å²) in [7, 11) is 0. The van der Waals surface area contributed by atoms with Crippen molar-refractivity contribution in [1.82, 2.24) is 8.97 Å². The summed E-state index contributed by atoms with van der Waals surface area (Å²) in [5.41, 5.74) is 13.1. The summed E-state index contributed by atoms with van der Waals surface area (Å²) >= 11 is 0. The van der Waals surface area contributed by atoms with Crippen LogP contribution < -0.4 is 0 Å². The minimum atomic E-state index is -0.0234. The molecule has 0 unspecified atom stereocenters. The van der Waals surface area contributed by atoms with E-state index in [1.54, 1.807) is 0 Å². The molecule has 0 saturated carbocycles. The van der Waals surface area contributed by atoms with Crippen LogP contribution in [0.25, 0.3) is 97.9 Å². The number of benzene rings is 8. The van der Waals surface area contributed by atoms with Crippen LogP contribution in [0.5, 0.6) is 0 Å². The molecule has 11 rings (SSSR count). The molecule has 3 heterocycles. The van der Waals surface area contributed by atoms with Crippen LogP contribution in [-0.4, -0.2) is 8.97 Å². The Morgan fingerprint density at radius 2 is 0.717 bits per heavy atom. The highest BCUT2D eigenvalue weighted by molar-refractivity contribution is 6.45. The summed E-state index contributed by atoms with van der Waals surface area (Å²) in [4.78, 5) is 0. The SMILES string of the molecule is CC(C)(C)c1ccc(-n2c3ccc(C(C)(C)C)cc3c3c4ccccc4c4c(c5ccccc5c5c6cc(C(C)(C)C)cc7c8cc(C(C)(C)C)ccc8n(c76)c54)c32)cc1. The first-order valence-corrected chi connectivity index (χ1v) is 21.9. The highest BCUT2D eigenvalue weighted by Crippen LogP contribution is 2.52. The molecule has 0 amide bonds. The summed E-state index contributed by atoms with van der Waals surface area (Å²) in [5.74, 6) is 0. The predicted molar refractivity (Wildman–Crippen MR) is 263 cm³/mol. The molecule has 3 aromatic heterocycles. The zero-order chi connectivity index (χ0) is 42.0. The zero-order valence-electron chi connectivity index (χ0n) is 37.4. The van der Waals surface area contributed by atoms with Gasteiger partial charge < -0.3 is 8.97 Å². The first-order valence-electron chi connectivity index (χ1n) is 21.9. The lowest BCUT2D eigenvalue weighted by atomic mass is 9.83. The molecule has 0 N–H and O–H groups in total. The zero-order valence-corrected chi connectivity index (χ0v) is 37.4. The Kier molecular flexibility index (Phi) is 7.38. The van der Waals surface area contributed by atoms with Crippen molar-refractivity contribution < 1.29 is 0 Å². The van der Waals surface area contributed by atoms with Gasteiger partial charge >= 0.3 is 0 Å². The van der Waals surface area contributed by atoms with Gasteiger partial charge in [0.15, 0.2) is 0 Å². The van der Waals surface area contributed by atoms with Gasteiger partial charge in [-0.05, 0) is 114 Å². The van der Waals surface area contributed by atoms with Crippen LogP contribution >= 0.6 is 0 Å². The Bertz CT molecular complexity index is 3590. The van der Waals surface area contributed by atoms with Crippen molar-refractivity contribution in [2.75, 3.05) is 0 Å². The van der Waals surface area contributed by atoms with Gasteiger partial charge in [0.05, 0.1) is 27.6 Å². The quantitative estimate of drug-likeness (QED) is 0.147. The second-order valence-corrected chi connectivity index (χ2v) is 21.9. The van der Waals surface area contributed by atoms with Gasteiger partial charge in [-0.3, -0.25) is 0 Å². The van der Waals surface area contributed by atoms with Crippen molar-refractivity contribution in [2.24, 2.45) is 0 Å². The van der Waals surface area contributed by atoms with E-state index in [4.69, 9.17) is 0 Å². The molecule has 2 heteroatoms. The van der Waals surface area contributed by atoms with E-state index < -0.39 is 0 Å². The summed E-state index contributed by atoms with van der Waals surface area (Å²) in [6, 6.07) is 47.5. The molecule has 8 aromatic carbocycles. The molecule has 0 radical (unpaired) electrons. The van der Waals surface area contributed by atoms with Gasteiger partial charge in [0.2, 0.25) is 0 Å². The van der Waals surface area contributed by atoms with Crippen molar-refractivity contribution in [3.05, 3.63) is 144 Å². The standard InChI is InChI=1S/C58H56N2/c1-55(2,3)33-21-25-37(26-22-33)59-47-28-24-35(57(7,8)9)30-44(47)48-38-17-13-15-19-40(38)51-50(53(48)59)41-20-16-14-18-39(41)49-45-32-36(58(10,11)12)31-43-42-29-34(56(4,5)6)23-27-46(42)60(52(43)45)54(49)51/h13-32H,1-12H3. The maximum absolute atomic E-state index is 2.66. The maximum atomic E-state index is 2.66. The lowest BCUT2D eigenvalue weighted by Crippen LogP contribution is -2.11. The van der Waals surface area contributed by atoms with Crippen LogP contribution in [0.1, 0.15) is 105 Å². The summed E-state index contributed by atoms with van der Waals surface area (Å²) < 4.78 is 5.25. The molecule has 0 bridgehead atoms. The topological polar surface area (TPSA) is 9.34 Å². The summed E-state index contributed by atoms with van der Waals surface area (Å²) in [6.45, 7) is 28.0. The molecule has 0 fully saturated rings. The number of fused-ring (bicyclic) bond motifs is 18. The summed E-state index contributed by atoms with van der Waals surface area (Å²) in [5, 5.41) is 15.9. The Morgan fingerprint density at radius 1 is 0.300 bits per heavy atom. The van der Waals surface area contributed by atoms with E-state index in [0.29, 0.717) is 0 Å². The van der Waals surface area contributed by atoms with Crippen LogP contribution in [0.4, 0.5) is 0 Å². The van der Waals surface area contributed by atoms with Gasteiger partial charge in [-0.25, -0.2) is 0 Å². The molecule has 0 aliphatic heterocycles. The van der Waals surface area contributed by atoms with Crippen LogP contribution in [-0.2, 0) is 21.7 Å². The predicted octanol–water partition coefficient (Wildman–Crippen LogP) is 16.6. The number of nitrogens with zero attached hydrogens (tertiary/aromatic N) is 2. The molecule has 0 aliphatic rings.